The second-order valence-electron chi connectivity index (χ2n) is 10.9. The maximum Gasteiger partial charge on any atom is 0.243 e. The monoisotopic (exact) mass is 557 g/mol. The molecule has 1 aliphatic rings. The van der Waals surface area contributed by atoms with Crippen LogP contribution in [0.3, 0.4) is 0 Å². The molecule has 0 bridgehead atoms. The highest BCUT2D eigenvalue weighted by atomic mass is 32.2. The predicted octanol–water partition coefficient (Wildman–Crippen LogP) is 3.61. The van der Waals surface area contributed by atoms with Gasteiger partial charge in [-0.25, -0.2) is 12.7 Å². The molecule has 214 valence electrons. The first-order valence-electron chi connectivity index (χ1n) is 13.5. The largest absolute Gasteiger partial charge is 0.497 e. The number of methoxy groups -OCH3 is 1. The first-order valence-corrected chi connectivity index (χ1v) is 14.9. The number of Topliss-reactive ketones (excluding diaryl/α,β-unsaturated/α-hetero) is 1. The fraction of sp³-hybridized carbons (Fsp3) is 0.533. The zero-order valence-electron chi connectivity index (χ0n) is 24.4. The quantitative estimate of drug-likeness (QED) is 0.420. The van der Waals surface area contributed by atoms with E-state index in [0.29, 0.717) is 23.4 Å². The lowest BCUT2D eigenvalue weighted by atomic mass is 9.99. The van der Waals surface area contributed by atoms with Crippen LogP contribution in [0, 0.1) is 19.8 Å². The third kappa shape index (κ3) is 7.68. The minimum absolute atomic E-state index is 0.0462. The molecule has 1 aliphatic heterocycles. The van der Waals surface area contributed by atoms with Crippen molar-refractivity contribution in [2.45, 2.75) is 57.9 Å². The van der Waals surface area contributed by atoms with Gasteiger partial charge in [-0.2, -0.15) is 0 Å². The van der Waals surface area contributed by atoms with E-state index < -0.39 is 15.9 Å². The minimum atomic E-state index is -3.78. The van der Waals surface area contributed by atoms with Crippen molar-refractivity contribution in [2.24, 2.45) is 5.92 Å². The van der Waals surface area contributed by atoms with Gasteiger partial charge in [0.2, 0.25) is 15.9 Å². The summed E-state index contributed by atoms with van der Waals surface area (Å²) in [5, 5.41) is 0. The summed E-state index contributed by atoms with van der Waals surface area (Å²) >= 11 is 0. The molecule has 0 fully saturated rings. The van der Waals surface area contributed by atoms with Gasteiger partial charge in [0.05, 0.1) is 12.0 Å². The van der Waals surface area contributed by atoms with Gasteiger partial charge in [0, 0.05) is 59.0 Å². The van der Waals surface area contributed by atoms with Gasteiger partial charge < -0.3 is 14.5 Å². The number of fused-ring (bicyclic) bond motifs is 1. The number of hydrogen-bond donors (Lipinski definition) is 0. The number of ether oxygens (including phenoxy) is 1. The van der Waals surface area contributed by atoms with Crippen LogP contribution in [0.5, 0.6) is 5.75 Å². The number of carbonyl (C=O) groups is 2. The molecule has 1 atom stereocenters. The van der Waals surface area contributed by atoms with Gasteiger partial charge in [0.1, 0.15) is 11.5 Å². The number of amides is 1. The number of likely N-dealkylation sites (N-methyl/N-ethyl adjacent to an activating group) is 1. The molecule has 1 amide bonds. The summed E-state index contributed by atoms with van der Waals surface area (Å²) in [5.74, 6) is -0.114. The van der Waals surface area contributed by atoms with Crippen LogP contribution in [-0.4, -0.2) is 82.1 Å². The average Bonchev–Trinajstić information content (AvgIpc) is 3.06. The maximum atomic E-state index is 13.2. The molecule has 0 saturated heterocycles. The van der Waals surface area contributed by atoms with Crippen molar-refractivity contribution in [3.8, 4) is 5.75 Å². The van der Waals surface area contributed by atoms with Gasteiger partial charge in [-0.3, -0.25) is 9.59 Å². The molecule has 9 heteroatoms. The van der Waals surface area contributed by atoms with Gasteiger partial charge in [0.25, 0.3) is 0 Å². The van der Waals surface area contributed by atoms with Gasteiger partial charge >= 0.3 is 0 Å². The van der Waals surface area contributed by atoms with Crippen molar-refractivity contribution >= 4 is 21.7 Å². The number of ketones is 1. The van der Waals surface area contributed by atoms with Gasteiger partial charge in [-0.15, -0.1) is 0 Å². The van der Waals surface area contributed by atoms with E-state index in [1.165, 1.54) is 29.6 Å². The van der Waals surface area contributed by atoms with E-state index in [0.717, 1.165) is 31.5 Å². The Morgan fingerprint density at radius 3 is 2.26 bits per heavy atom. The van der Waals surface area contributed by atoms with Crippen molar-refractivity contribution in [3.63, 3.8) is 0 Å². The molecule has 1 heterocycles. The van der Waals surface area contributed by atoms with Crippen molar-refractivity contribution in [1.29, 1.82) is 0 Å². The van der Waals surface area contributed by atoms with Crippen LogP contribution in [0.2, 0.25) is 0 Å². The summed E-state index contributed by atoms with van der Waals surface area (Å²) in [6, 6.07) is 9.84. The van der Waals surface area contributed by atoms with Crippen LogP contribution in [-0.2, 0) is 39.0 Å². The van der Waals surface area contributed by atoms with E-state index in [4.69, 9.17) is 4.74 Å². The number of aryl methyl sites for hydroxylation is 2. The third-order valence-electron chi connectivity index (χ3n) is 7.59. The van der Waals surface area contributed by atoms with Crippen LogP contribution in [0.4, 0.5) is 0 Å². The molecule has 0 aliphatic carbocycles. The molecule has 0 N–H and O–H groups in total. The molecule has 0 saturated carbocycles. The molecule has 39 heavy (non-hydrogen) atoms. The Bertz CT molecular complexity index is 1280. The van der Waals surface area contributed by atoms with E-state index >= 15 is 0 Å². The molecule has 2 aromatic carbocycles. The Morgan fingerprint density at radius 2 is 1.64 bits per heavy atom. The first-order chi connectivity index (χ1) is 18.3. The summed E-state index contributed by atoms with van der Waals surface area (Å²) in [6.07, 6.45) is 2.17. The molecule has 0 spiro atoms. The minimum Gasteiger partial charge on any atom is -0.497 e. The third-order valence-corrected chi connectivity index (χ3v) is 9.75. The topological polar surface area (TPSA) is 87.2 Å². The van der Waals surface area contributed by atoms with E-state index in [1.807, 2.05) is 0 Å². The summed E-state index contributed by atoms with van der Waals surface area (Å²) in [5.41, 5.74) is 4.99. The highest BCUT2D eigenvalue weighted by Gasteiger charge is 2.27. The van der Waals surface area contributed by atoms with Crippen LogP contribution in [0.1, 0.15) is 47.6 Å². The molecule has 0 aromatic heterocycles. The van der Waals surface area contributed by atoms with Gasteiger partial charge in [0.15, 0.2) is 0 Å². The first kappa shape index (κ1) is 30.8. The van der Waals surface area contributed by atoms with E-state index in [2.05, 4.69) is 30.1 Å². The normalized spacial score (nSPS) is 15.0. The highest BCUT2D eigenvalue weighted by Crippen LogP contribution is 2.28. The Hall–Kier alpha value is -2.75. The van der Waals surface area contributed by atoms with Crippen LogP contribution in [0.15, 0.2) is 35.2 Å². The molecule has 3 rings (SSSR count). The maximum absolute atomic E-state index is 13.2. The van der Waals surface area contributed by atoms with Crippen molar-refractivity contribution < 1.29 is 22.7 Å². The lowest BCUT2D eigenvalue weighted by Crippen LogP contribution is -2.33. The predicted molar refractivity (Wildman–Crippen MR) is 154 cm³/mol. The second-order valence-corrected chi connectivity index (χ2v) is 12.9. The SMILES string of the molecule is COc1cc(C)c(S(=O)(=O)N(C)CCC(=O)CC(C)C(=O)N(C)Cc2ccc3c(c2)CCN(C)CC3)c(C)c1. The Balaban J connectivity index is 1.54. The molecule has 1 unspecified atom stereocenters. The summed E-state index contributed by atoms with van der Waals surface area (Å²) in [4.78, 5) is 30.0. The molecular weight excluding hydrogens is 514 g/mol. The second kappa shape index (κ2) is 13.1. The Morgan fingerprint density at radius 1 is 1.03 bits per heavy atom. The Labute approximate surface area is 234 Å². The number of carbonyl (C=O) groups excluding carboxylic acids is 2. The van der Waals surface area contributed by atoms with E-state index in [-0.39, 0.29) is 36.0 Å². The molecule has 8 nitrogen and oxygen atoms in total. The molecule has 0 radical (unpaired) electrons. The number of rotatable bonds is 11. The summed E-state index contributed by atoms with van der Waals surface area (Å²) in [7, 11) is 3.15. The van der Waals surface area contributed by atoms with Crippen molar-refractivity contribution in [1.82, 2.24) is 14.1 Å². The number of nitrogens with zero attached hydrogens (tertiary/aromatic N) is 3. The smallest absolute Gasteiger partial charge is 0.243 e. The lowest BCUT2D eigenvalue weighted by molar-refractivity contribution is -0.136. The number of hydrogen-bond acceptors (Lipinski definition) is 6. The summed E-state index contributed by atoms with van der Waals surface area (Å²) in [6.45, 7) is 7.84. The van der Waals surface area contributed by atoms with Crippen molar-refractivity contribution in [2.75, 3.05) is 47.9 Å². The summed E-state index contributed by atoms with van der Waals surface area (Å²) < 4.78 is 32.9. The molecular formula is C30H43N3O5S. The van der Waals surface area contributed by atoms with Gasteiger partial charge in [-0.1, -0.05) is 25.1 Å². The van der Waals surface area contributed by atoms with Crippen molar-refractivity contribution in [3.05, 3.63) is 58.1 Å². The van der Waals surface area contributed by atoms with Crippen LogP contribution >= 0.6 is 0 Å². The Kier molecular flexibility index (Phi) is 10.3. The van der Waals surface area contributed by atoms with Gasteiger partial charge in [-0.05, 0) is 73.7 Å². The van der Waals surface area contributed by atoms with E-state index in [9.17, 15) is 18.0 Å². The average molecular weight is 558 g/mol. The zero-order valence-corrected chi connectivity index (χ0v) is 25.2. The van der Waals surface area contributed by atoms with Crippen LogP contribution < -0.4 is 4.74 Å². The fourth-order valence-electron chi connectivity index (χ4n) is 5.24. The standard InChI is InChI=1S/C30H43N3O5S/c1-21-17-28(38-7)18-22(2)29(21)39(36,37)33(6)15-12-27(34)16-23(3)30(35)32(5)20-24-8-9-25-10-13-31(4)14-11-26(25)19-24/h8-9,17-19,23H,10-16,20H2,1-7H3. The molecule has 2 aromatic rings. The number of sulfonamides is 1. The number of benzene rings is 2. The van der Waals surface area contributed by atoms with Crippen LogP contribution in [0.25, 0.3) is 0 Å². The zero-order chi connectivity index (χ0) is 28.9. The fourth-order valence-corrected chi connectivity index (χ4v) is 6.82. The lowest BCUT2D eigenvalue weighted by Gasteiger charge is -2.23. The highest BCUT2D eigenvalue weighted by molar-refractivity contribution is 7.89. The van der Waals surface area contributed by atoms with E-state index in [1.54, 1.807) is 44.9 Å².